The highest BCUT2D eigenvalue weighted by Gasteiger charge is 2.41. The van der Waals surface area contributed by atoms with E-state index in [0.29, 0.717) is 11.8 Å². The number of rotatable bonds is 10. The Morgan fingerprint density at radius 2 is 1.52 bits per heavy atom. The van der Waals surface area contributed by atoms with Crippen molar-refractivity contribution in [1.82, 2.24) is 0 Å². The molecule has 0 N–H and O–H groups in total. The summed E-state index contributed by atoms with van der Waals surface area (Å²) in [5.74, 6) is 1.10. The zero-order valence-electron chi connectivity index (χ0n) is 26.5. The van der Waals surface area contributed by atoms with Crippen molar-refractivity contribution in [3.05, 3.63) is 154 Å². The Morgan fingerprint density at radius 3 is 2.17 bits per heavy atom. The van der Waals surface area contributed by atoms with Crippen molar-refractivity contribution in [2.24, 2.45) is 5.92 Å². The lowest BCUT2D eigenvalue weighted by Crippen LogP contribution is -2.21. The first kappa shape index (κ1) is 29.8. The van der Waals surface area contributed by atoms with Crippen LogP contribution in [0.15, 0.2) is 132 Å². The molecule has 0 radical (unpaired) electrons. The van der Waals surface area contributed by atoms with Gasteiger partial charge in [0, 0.05) is 11.8 Å². The maximum atomic E-state index is 4.75. The molecule has 2 aromatic carbocycles. The minimum absolute atomic E-state index is 0.274. The van der Waals surface area contributed by atoms with Gasteiger partial charge in [-0.2, -0.15) is 0 Å². The van der Waals surface area contributed by atoms with E-state index in [-0.39, 0.29) is 5.92 Å². The SMILES string of the molecule is C=C(CCC)C1=C(C)C=C2C/C(=C\C3=CC=C(c4ccc(C(=C)CCC)cc4)C3)C(=C)C2C1c1ccc(C(C)C)cc1. The highest BCUT2D eigenvalue weighted by molar-refractivity contribution is 5.75. The maximum absolute atomic E-state index is 4.75. The summed E-state index contributed by atoms with van der Waals surface area (Å²) in [5, 5.41) is 0. The van der Waals surface area contributed by atoms with Crippen LogP contribution in [0.1, 0.15) is 107 Å². The first-order valence-corrected chi connectivity index (χ1v) is 16.0. The van der Waals surface area contributed by atoms with Crippen LogP contribution in [0.25, 0.3) is 11.1 Å². The Labute approximate surface area is 255 Å². The lowest BCUT2D eigenvalue weighted by atomic mass is 9.69. The Hall–Kier alpha value is -3.64. The Bertz CT molecular complexity index is 1540. The van der Waals surface area contributed by atoms with Gasteiger partial charge < -0.3 is 0 Å². The van der Waals surface area contributed by atoms with Crippen LogP contribution in [0.5, 0.6) is 0 Å². The maximum Gasteiger partial charge on any atom is 0.0201 e. The third-order valence-corrected chi connectivity index (χ3v) is 9.42. The van der Waals surface area contributed by atoms with E-state index >= 15 is 0 Å². The topological polar surface area (TPSA) is 0 Å². The molecule has 0 aromatic heterocycles. The summed E-state index contributed by atoms with van der Waals surface area (Å²) >= 11 is 0. The van der Waals surface area contributed by atoms with Crippen molar-refractivity contribution < 1.29 is 0 Å². The fraction of sp³-hybridized carbons (Fsp3) is 0.333. The summed E-state index contributed by atoms with van der Waals surface area (Å²) in [4.78, 5) is 0. The van der Waals surface area contributed by atoms with Gasteiger partial charge in [-0.1, -0.05) is 144 Å². The summed E-state index contributed by atoms with van der Waals surface area (Å²) < 4.78 is 0. The van der Waals surface area contributed by atoms with E-state index in [1.165, 1.54) is 72.4 Å². The second kappa shape index (κ2) is 12.7. The van der Waals surface area contributed by atoms with Crippen molar-refractivity contribution in [3.63, 3.8) is 0 Å². The molecule has 2 unspecified atom stereocenters. The molecule has 216 valence electrons. The fourth-order valence-corrected chi connectivity index (χ4v) is 7.15. The Kier molecular flexibility index (Phi) is 9.02. The van der Waals surface area contributed by atoms with Gasteiger partial charge in [0.2, 0.25) is 0 Å². The van der Waals surface area contributed by atoms with Crippen LogP contribution < -0.4 is 0 Å². The third kappa shape index (κ3) is 5.96. The molecule has 1 saturated carbocycles. The molecule has 0 heteroatoms. The zero-order chi connectivity index (χ0) is 30.0. The Morgan fingerprint density at radius 1 is 0.857 bits per heavy atom. The van der Waals surface area contributed by atoms with Crippen LogP contribution in [-0.4, -0.2) is 0 Å². The van der Waals surface area contributed by atoms with Gasteiger partial charge in [-0.3, -0.25) is 0 Å². The molecule has 0 nitrogen and oxygen atoms in total. The van der Waals surface area contributed by atoms with Crippen LogP contribution in [-0.2, 0) is 0 Å². The quantitative estimate of drug-likeness (QED) is 0.275. The van der Waals surface area contributed by atoms with Gasteiger partial charge in [-0.05, 0) is 99.8 Å². The van der Waals surface area contributed by atoms with Crippen molar-refractivity contribution in [1.29, 1.82) is 0 Å². The van der Waals surface area contributed by atoms with E-state index in [0.717, 1.165) is 38.5 Å². The van der Waals surface area contributed by atoms with Crippen molar-refractivity contribution in [3.8, 4) is 0 Å². The van der Waals surface area contributed by atoms with E-state index in [1.807, 2.05) is 0 Å². The van der Waals surface area contributed by atoms with Crippen LogP contribution in [0.4, 0.5) is 0 Å². The van der Waals surface area contributed by atoms with Gasteiger partial charge in [-0.25, -0.2) is 0 Å². The standard InChI is InChI=1S/C42H48/c1-9-11-28(5)34-17-19-35(20-18-34)37-14-13-32(24-37)25-38-26-39-23-30(7)40(29(6)12-10-2)42(41(39)31(38)8)36-21-15-33(16-22-36)27(3)4/h13-23,25,27,41-42H,5-6,8-12,24,26H2,1-4,7H3/b38-25+. The van der Waals surface area contributed by atoms with Gasteiger partial charge in [0.15, 0.2) is 0 Å². The van der Waals surface area contributed by atoms with E-state index in [4.69, 9.17) is 6.58 Å². The lowest BCUT2D eigenvalue weighted by molar-refractivity contribution is 0.619. The summed E-state index contributed by atoms with van der Waals surface area (Å²) in [6, 6.07) is 18.4. The van der Waals surface area contributed by atoms with E-state index in [2.05, 4.69) is 121 Å². The minimum atomic E-state index is 0.274. The van der Waals surface area contributed by atoms with Gasteiger partial charge in [-0.15, -0.1) is 0 Å². The van der Waals surface area contributed by atoms with E-state index in [1.54, 1.807) is 0 Å². The monoisotopic (exact) mass is 552 g/mol. The van der Waals surface area contributed by atoms with E-state index < -0.39 is 0 Å². The molecule has 1 fully saturated rings. The van der Waals surface area contributed by atoms with Crippen LogP contribution in [0.3, 0.4) is 0 Å². The molecule has 0 spiro atoms. The van der Waals surface area contributed by atoms with Gasteiger partial charge >= 0.3 is 0 Å². The summed E-state index contributed by atoms with van der Waals surface area (Å²) in [6.45, 7) is 24.9. The molecule has 0 heterocycles. The highest BCUT2D eigenvalue weighted by atomic mass is 14.4. The normalized spacial score (nSPS) is 21.0. The average Bonchev–Trinajstić information content (AvgIpc) is 3.57. The van der Waals surface area contributed by atoms with Crippen molar-refractivity contribution in [2.45, 2.75) is 85.0 Å². The smallest absolute Gasteiger partial charge is 0.0201 e. The van der Waals surface area contributed by atoms with Crippen LogP contribution in [0.2, 0.25) is 0 Å². The predicted octanol–water partition coefficient (Wildman–Crippen LogP) is 12.2. The molecule has 0 saturated heterocycles. The largest absolute Gasteiger partial charge is 0.0955 e. The number of hydrogen-bond donors (Lipinski definition) is 0. The summed E-state index contributed by atoms with van der Waals surface area (Å²) in [5.41, 5.74) is 17.6. The molecule has 0 aliphatic heterocycles. The fourth-order valence-electron chi connectivity index (χ4n) is 7.15. The Balaban J connectivity index is 1.39. The van der Waals surface area contributed by atoms with Gasteiger partial charge in [0.1, 0.15) is 0 Å². The van der Waals surface area contributed by atoms with Crippen LogP contribution in [0, 0.1) is 5.92 Å². The van der Waals surface area contributed by atoms with Crippen LogP contribution >= 0.6 is 0 Å². The van der Waals surface area contributed by atoms with Crippen molar-refractivity contribution >= 4 is 11.1 Å². The minimum Gasteiger partial charge on any atom is -0.0955 e. The average molecular weight is 553 g/mol. The molecule has 0 bridgehead atoms. The third-order valence-electron chi connectivity index (χ3n) is 9.42. The summed E-state index contributed by atoms with van der Waals surface area (Å²) in [7, 11) is 0. The molecule has 0 amide bonds. The molecule has 3 aliphatic rings. The van der Waals surface area contributed by atoms with Gasteiger partial charge in [0.05, 0.1) is 0 Å². The first-order valence-electron chi connectivity index (χ1n) is 16.0. The second-order valence-corrected chi connectivity index (χ2v) is 12.9. The van der Waals surface area contributed by atoms with E-state index in [9.17, 15) is 0 Å². The first-order chi connectivity index (χ1) is 20.2. The zero-order valence-corrected chi connectivity index (χ0v) is 26.5. The molecule has 42 heavy (non-hydrogen) atoms. The molecule has 3 aliphatic carbocycles. The molecule has 5 rings (SSSR count). The molecular weight excluding hydrogens is 504 g/mol. The highest BCUT2D eigenvalue weighted by Crippen LogP contribution is 2.55. The number of hydrogen-bond acceptors (Lipinski definition) is 0. The second-order valence-electron chi connectivity index (χ2n) is 12.9. The molecular formula is C42H48. The molecule has 2 atom stereocenters. The predicted molar refractivity (Wildman–Crippen MR) is 184 cm³/mol. The lowest BCUT2D eigenvalue weighted by Gasteiger charge is -2.34. The number of allylic oxidation sites excluding steroid dienone is 13. The number of fused-ring (bicyclic) bond motifs is 1. The summed E-state index contributed by atoms with van der Waals surface area (Å²) in [6.07, 6.45) is 15.8. The molecule has 2 aromatic rings. The van der Waals surface area contributed by atoms with Gasteiger partial charge in [0.25, 0.3) is 0 Å². The van der Waals surface area contributed by atoms with Crippen molar-refractivity contribution in [2.75, 3.05) is 0 Å². The number of benzene rings is 2.